The van der Waals surface area contributed by atoms with Crippen molar-refractivity contribution in [3.8, 4) is 0 Å². The summed E-state index contributed by atoms with van der Waals surface area (Å²) in [6.07, 6.45) is -1.28. The van der Waals surface area contributed by atoms with Gasteiger partial charge in [0.25, 0.3) is 0 Å². The Bertz CT molecular complexity index is 334. The molecule has 0 amide bonds. The van der Waals surface area contributed by atoms with Crippen molar-refractivity contribution < 1.29 is 18.7 Å². The fourth-order valence-electron chi connectivity index (χ4n) is 0.914. The summed E-state index contributed by atoms with van der Waals surface area (Å²) in [5, 5.41) is 8.86. The maximum atomic E-state index is 12.9. The smallest absolute Gasteiger partial charge is 0.193 e. The number of ketones is 1. The second-order valence-corrected chi connectivity index (χ2v) is 2.66. The largest absolute Gasteiger partial charge is 0.385 e. The topological polar surface area (TPSA) is 37.3 Å². The van der Waals surface area contributed by atoms with E-state index in [9.17, 15) is 13.6 Å². The summed E-state index contributed by atoms with van der Waals surface area (Å²) in [5.74, 6) is -2.46. The maximum absolute atomic E-state index is 12.9. The maximum Gasteiger partial charge on any atom is 0.193 e. The van der Waals surface area contributed by atoms with E-state index in [2.05, 4.69) is 0 Å². The van der Waals surface area contributed by atoms with Gasteiger partial charge in [0.05, 0.1) is 5.56 Å². The number of carbonyl (C=O) groups is 1. The highest BCUT2D eigenvalue weighted by molar-refractivity contribution is 5.99. The molecule has 1 N–H and O–H groups in total. The van der Waals surface area contributed by atoms with E-state index in [-0.39, 0.29) is 5.56 Å². The molecule has 0 saturated carbocycles. The number of halogens is 2. The van der Waals surface area contributed by atoms with Crippen LogP contribution in [-0.2, 0) is 0 Å². The van der Waals surface area contributed by atoms with E-state index in [0.29, 0.717) is 6.07 Å². The first-order valence-electron chi connectivity index (χ1n) is 3.69. The first kappa shape index (κ1) is 9.80. The van der Waals surface area contributed by atoms with Crippen molar-refractivity contribution in [1.29, 1.82) is 0 Å². The molecule has 13 heavy (non-hydrogen) atoms. The lowest BCUT2D eigenvalue weighted by atomic mass is 10.1. The van der Waals surface area contributed by atoms with Gasteiger partial charge in [0.15, 0.2) is 5.78 Å². The number of hydrogen-bond donors (Lipinski definition) is 1. The van der Waals surface area contributed by atoms with Crippen molar-refractivity contribution in [2.45, 2.75) is 13.0 Å². The van der Waals surface area contributed by atoms with Crippen LogP contribution in [0.1, 0.15) is 17.3 Å². The molecular weight excluding hydrogens is 178 g/mol. The van der Waals surface area contributed by atoms with Crippen molar-refractivity contribution in [2.75, 3.05) is 0 Å². The zero-order valence-electron chi connectivity index (χ0n) is 6.92. The lowest BCUT2D eigenvalue weighted by Gasteiger charge is -2.04. The average Bonchev–Trinajstić information content (AvgIpc) is 2.03. The van der Waals surface area contributed by atoms with Gasteiger partial charge in [0.1, 0.15) is 17.7 Å². The zero-order chi connectivity index (χ0) is 10.0. The molecule has 0 bridgehead atoms. The Balaban J connectivity index is 3.09. The van der Waals surface area contributed by atoms with E-state index in [0.717, 1.165) is 12.1 Å². The molecule has 0 aliphatic heterocycles. The molecule has 0 aliphatic carbocycles. The number of carbonyl (C=O) groups excluding carboxylic acids is 1. The summed E-state index contributed by atoms with van der Waals surface area (Å²) in [6, 6.07) is 2.59. The van der Waals surface area contributed by atoms with E-state index in [1.54, 1.807) is 0 Å². The molecule has 0 aliphatic rings. The van der Waals surface area contributed by atoms with E-state index in [1.165, 1.54) is 6.92 Å². The summed E-state index contributed by atoms with van der Waals surface area (Å²) in [5.41, 5.74) is -0.295. The van der Waals surface area contributed by atoms with Crippen LogP contribution in [0.5, 0.6) is 0 Å². The van der Waals surface area contributed by atoms with Crippen LogP contribution in [0.2, 0.25) is 0 Å². The highest BCUT2D eigenvalue weighted by Gasteiger charge is 2.16. The number of Topliss-reactive ketones (excluding diaryl/α,β-unsaturated/α-hetero) is 1. The summed E-state index contributed by atoms with van der Waals surface area (Å²) in [7, 11) is 0. The van der Waals surface area contributed by atoms with Crippen LogP contribution in [0.15, 0.2) is 18.2 Å². The number of aliphatic hydroxyl groups is 1. The lowest BCUT2D eigenvalue weighted by molar-refractivity contribution is 0.0775. The molecule has 0 spiro atoms. The van der Waals surface area contributed by atoms with Gasteiger partial charge < -0.3 is 5.11 Å². The van der Waals surface area contributed by atoms with Gasteiger partial charge in [-0.2, -0.15) is 0 Å². The number of aliphatic hydroxyl groups excluding tert-OH is 1. The number of benzene rings is 1. The van der Waals surface area contributed by atoms with Gasteiger partial charge in [0, 0.05) is 6.07 Å². The van der Waals surface area contributed by atoms with Crippen LogP contribution in [0.3, 0.4) is 0 Å². The highest BCUT2D eigenvalue weighted by atomic mass is 19.1. The van der Waals surface area contributed by atoms with Gasteiger partial charge in [-0.05, 0) is 19.1 Å². The van der Waals surface area contributed by atoms with E-state index >= 15 is 0 Å². The van der Waals surface area contributed by atoms with E-state index in [1.807, 2.05) is 0 Å². The van der Waals surface area contributed by atoms with Crippen molar-refractivity contribution in [3.63, 3.8) is 0 Å². The summed E-state index contributed by atoms with van der Waals surface area (Å²) in [4.78, 5) is 11.1. The predicted octanol–water partition coefficient (Wildman–Crippen LogP) is 1.53. The van der Waals surface area contributed by atoms with Crippen molar-refractivity contribution in [2.24, 2.45) is 0 Å². The van der Waals surface area contributed by atoms with Crippen LogP contribution >= 0.6 is 0 Å². The van der Waals surface area contributed by atoms with Crippen LogP contribution in [0.25, 0.3) is 0 Å². The quantitative estimate of drug-likeness (QED) is 0.711. The Kier molecular flexibility index (Phi) is 2.72. The summed E-state index contributed by atoms with van der Waals surface area (Å²) >= 11 is 0. The Morgan fingerprint density at radius 2 is 2.08 bits per heavy atom. The van der Waals surface area contributed by atoms with Gasteiger partial charge in [-0.3, -0.25) is 4.79 Å². The van der Waals surface area contributed by atoms with Crippen LogP contribution in [-0.4, -0.2) is 17.0 Å². The first-order valence-corrected chi connectivity index (χ1v) is 3.69. The highest BCUT2D eigenvalue weighted by Crippen LogP contribution is 2.11. The van der Waals surface area contributed by atoms with E-state index in [4.69, 9.17) is 5.11 Å². The molecule has 1 rings (SSSR count). The minimum Gasteiger partial charge on any atom is -0.385 e. The molecule has 1 aromatic carbocycles. The molecule has 70 valence electrons. The second-order valence-electron chi connectivity index (χ2n) is 2.66. The first-order chi connectivity index (χ1) is 6.02. The molecule has 0 unspecified atom stereocenters. The SMILES string of the molecule is C[C@H](O)C(=O)c1ccc(F)cc1F. The molecule has 0 radical (unpaired) electrons. The molecule has 1 atom stereocenters. The monoisotopic (exact) mass is 186 g/mol. The van der Waals surface area contributed by atoms with E-state index < -0.39 is 23.5 Å². The van der Waals surface area contributed by atoms with Crippen molar-refractivity contribution in [1.82, 2.24) is 0 Å². The van der Waals surface area contributed by atoms with Gasteiger partial charge >= 0.3 is 0 Å². The normalized spacial score (nSPS) is 12.6. The third-order valence-corrected chi connectivity index (χ3v) is 1.58. The lowest BCUT2D eigenvalue weighted by Crippen LogP contribution is -2.17. The number of hydrogen-bond acceptors (Lipinski definition) is 2. The van der Waals surface area contributed by atoms with Gasteiger partial charge in [-0.15, -0.1) is 0 Å². The Hall–Kier alpha value is -1.29. The molecule has 2 nitrogen and oxygen atoms in total. The third-order valence-electron chi connectivity index (χ3n) is 1.58. The Morgan fingerprint density at radius 3 is 2.54 bits per heavy atom. The molecule has 1 aromatic rings. The Morgan fingerprint density at radius 1 is 1.46 bits per heavy atom. The fourth-order valence-corrected chi connectivity index (χ4v) is 0.914. The molecular formula is C9H8F2O2. The number of rotatable bonds is 2. The summed E-state index contributed by atoms with van der Waals surface area (Å²) in [6.45, 7) is 1.23. The predicted molar refractivity (Wildman–Crippen MR) is 42.4 cm³/mol. The molecule has 0 heterocycles. The zero-order valence-corrected chi connectivity index (χ0v) is 6.92. The standard InChI is InChI=1S/C9H8F2O2/c1-5(12)9(13)7-3-2-6(10)4-8(7)11/h2-5,12H,1H3/t5-/m0/s1. The van der Waals surface area contributed by atoms with Crippen molar-refractivity contribution in [3.05, 3.63) is 35.4 Å². The minimum atomic E-state index is -1.28. The third kappa shape index (κ3) is 2.09. The van der Waals surface area contributed by atoms with Crippen LogP contribution in [0, 0.1) is 11.6 Å². The van der Waals surface area contributed by atoms with Gasteiger partial charge in [0.2, 0.25) is 0 Å². The van der Waals surface area contributed by atoms with Crippen molar-refractivity contribution >= 4 is 5.78 Å². The van der Waals surface area contributed by atoms with Crippen LogP contribution < -0.4 is 0 Å². The van der Waals surface area contributed by atoms with Crippen LogP contribution in [0.4, 0.5) is 8.78 Å². The fraction of sp³-hybridized carbons (Fsp3) is 0.222. The van der Waals surface area contributed by atoms with Gasteiger partial charge in [-0.25, -0.2) is 8.78 Å². The Labute approximate surface area is 73.8 Å². The minimum absolute atomic E-state index is 0.295. The molecule has 0 aromatic heterocycles. The second kappa shape index (κ2) is 3.62. The van der Waals surface area contributed by atoms with Gasteiger partial charge in [-0.1, -0.05) is 0 Å². The molecule has 0 saturated heterocycles. The molecule has 4 heteroatoms. The average molecular weight is 186 g/mol. The summed E-state index contributed by atoms with van der Waals surface area (Å²) < 4.78 is 25.3. The molecule has 0 fully saturated rings.